The molecule has 0 fully saturated rings. The fraction of sp³-hybridized carbons (Fsp3) is 0.636. The summed E-state index contributed by atoms with van der Waals surface area (Å²) in [7, 11) is 4.03. The lowest BCUT2D eigenvalue weighted by Gasteiger charge is -2.13. The first-order valence-electron chi connectivity index (χ1n) is 5.45. The molecule has 0 amide bonds. The van der Waals surface area contributed by atoms with Gasteiger partial charge in [0.2, 0.25) is 0 Å². The zero-order chi connectivity index (χ0) is 12.1. The van der Waals surface area contributed by atoms with Crippen molar-refractivity contribution in [1.82, 2.24) is 14.5 Å². The van der Waals surface area contributed by atoms with E-state index < -0.39 is 0 Å². The van der Waals surface area contributed by atoms with E-state index in [1.54, 1.807) is 4.57 Å². The maximum absolute atomic E-state index is 11.7. The van der Waals surface area contributed by atoms with Crippen LogP contribution in [0.25, 0.3) is 0 Å². The standard InChI is InChI=1S/C11H18ClN3O/c1-4-10-13-9(12)8-11(16)15(10)7-5-6-14(2)3/h8H,4-7H2,1-3H3. The van der Waals surface area contributed by atoms with Crippen LogP contribution in [-0.2, 0) is 13.0 Å². The Labute approximate surface area is 101 Å². The van der Waals surface area contributed by atoms with E-state index in [9.17, 15) is 4.79 Å². The van der Waals surface area contributed by atoms with Gasteiger partial charge in [-0.05, 0) is 27.1 Å². The minimum absolute atomic E-state index is 0.0596. The number of aryl methyl sites for hydroxylation is 1. The number of hydrogen-bond donors (Lipinski definition) is 0. The second-order valence-corrected chi connectivity index (χ2v) is 4.38. The van der Waals surface area contributed by atoms with Gasteiger partial charge in [-0.25, -0.2) is 4.98 Å². The minimum Gasteiger partial charge on any atom is -0.309 e. The summed E-state index contributed by atoms with van der Waals surface area (Å²) in [5.41, 5.74) is -0.0596. The van der Waals surface area contributed by atoms with Crippen LogP contribution in [-0.4, -0.2) is 35.1 Å². The van der Waals surface area contributed by atoms with Gasteiger partial charge < -0.3 is 4.90 Å². The van der Waals surface area contributed by atoms with E-state index >= 15 is 0 Å². The summed E-state index contributed by atoms with van der Waals surface area (Å²) in [4.78, 5) is 18.0. The third-order valence-electron chi connectivity index (χ3n) is 2.36. The molecular formula is C11H18ClN3O. The fourth-order valence-electron chi connectivity index (χ4n) is 1.58. The highest BCUT2D eigenvalue weighted by atomic mass is 35.5. The van der Waals surface area contributed by atoms with Crippen LogP contribution in [0.5, 0.6) is 0 Å². The smallest absolute Gasteiger partial charge is 0.254 e. The predicted octanol–water partition coefficient (Wildman–Crippen LogP) is 1.41. The Balaban J connectivity index is 2.82. The Kier molecular flexibility index (Phi) is 4.96. The molecule has 1 aromatic heterocycles. The summed E-state index contributed by atoms with van der Waals surface area (Å²) >= 11 is 5.75. The summed E-state index contributed by atoms with van der Waals surface area (Å²) in [6.45, 7) is 3.63. The van der Waals surface area contributed by atoms with Gasteiger partial charge in [-0.15, -0.1) is 0 Å². The van der Waals surface area contributed by atoms with Gasteiger partial charge in [0.05, 0.1) is 0 Å². The summed E-state index contributed by atoms with van der Waals surface area (Å²) < 4.78 is 1.70. The van der Waals surface area contributed by atoms with Crippen LogP contribution in [0.3, 0.4) is 0 Å². The van der Waals surface area contributed by atoms with Crippen LogP contribution in [0, 0.1) is 0 Å². The summed E-state index contributed by atoms with van der Waals surface area (Å²) in [6, 6.07) is 1.37. The Morgan fingerprint density at radius 1 is 1.50 bits per heavy atom. The molecule has 0 aliphatic heterocycles. The van der Waals surface area contributed by atoms with E-state index in [1.165, 1.54) is 6.07 Å². The molecule has 0 saturated carbocycles. The van der Waals surface area contributed by atoms with E-state index in [2.05, 4.69) is 9.88 Å². The molecule has 0 aliphatic carbocycles. The molecule has 4 nitrogen and oxygen atoms in total. The summed E-state index contributed by atoms with van der Waals surface area (Å²) in [5.74, 6) is 0.760. The lowest BCUT2D eigenvalue weighted by atomic mass is 10.3. The fourth-order valence-corrected chi connectivity index (χ4v) is 1.77. The van der Waals surface area contributed by atoms with Crippen molar-refractivity contribution in [2.75, 3.05) is 20.6 Å². The van der Waals surface area contributed by atoms with Crippen LogP contribution in [0.2, 0.25) is 5.15 Å². The number of rotatable bonds is 5. The molecule has 90 valence electrons. The molecule has 0 aliphatic rings. The molecule has 0 spiro atoms. The van der Waals surface area contributed by atoms with Crippen LogP contribution in [0.1, 0.15) is 19.2 Å². The maximum Gasteiger partial charge on any atom is 0.254 e. The van der Waals surface area contributed by atoms with Gasteiger partial charge in [0.1, 0.15) is 11.0 Å². The number of halogens is 1. The molecule has 0 saturated heterocycles. The summed E-state index contributed by atoms with van der Waals surface area (Å²) in [5, 5.41) is 0.283. The van der Waals surface area contributed by atoms with Crippen molar-refractivity contribution >= 4 is 11.6 Å². The van der Waals surface area contributed by atoms with Crippen molar-refractivity contribution < 1.29 is 0 Å². The SMILES string of the molecule is CCc1nc(Cl)cc(=O)n1CCCN(C)C. The first-order valence-corrected chi connectivity index (χ1v) is 5.83. The van der Waals surface area contributed by atoms with E-state index in [0.29, 0.717) is 6.54 Å². The third kappa shape index (κ3) is 3.61. The monoisotopic (exact) mass is 243 g/mol. The predicted molar refractivity (Wildman–Crippen MR) is 66.1 cm³/mol. The van der Waals surface area contributed by atoms with Gasteiger partial charge >= 0.3 is 0 Å². The van der Waals surface area contributed by atoms with E-state index in [4.69, 9.17) is 11.6 Å². The second kappa shape index (κ2) is 6.01. The quantitative estimate of drug-likeness (QED) is 0.734. The van der Waals surface area contributed by atoms with Crippen LogP contribution in [0.15, 0.2) is 10.9 Å². The van der Waals surface area contributed by atoms with Crippen LogP contribution < -0.4 is 5.56 Å². The van der Waals surface area contributed by atoms with Gasteiger partial charge in [0, 0.05) is 19.0 Å². The largest absolute Gasteiger partial charge is 0.309 e. The zero-order valence-electron chi connectivity index (χ0n) is 10.0. The lowest BCUT2D eigenvalue weighted by molar-refractivity contribution is 0.382. The van der Waals surface area contributed by atoms with E-state index in [1.807, 2.05) is 21.0 Å². The van der Waals surface area contributed by atoms with Gasteiger partial charge in [0.25, 0.3) is 5.56 Å². The zero-order valence-corrected chi connectivity index (χ0v) is 10.8. The molecule has 1 heterocycles. The molecule has 1 aromatic rings. The Morgan fingerprint density at radius 2 is 2.19 bits per heavy atom. The van der Waals surface area contributed by atoms with Crippen molar-refractivity contribution in [3.63, 3.8) is 0 Å². The Bertz CT molecular complexity index is 401. The van der Waals surface area contributed by atoms with Gasteiger partial charge in [0.15, 0.2) is 0 Å². The number of aromatic nitrogens is 2. The highest BCUT2D eigenvalue weighted by molar-refractivity contribution is 6.29. The van der Waals surface area contributed by atoms with E-state index in [0.717, 1.165) is 25.2 Å². The number of nitrogens with zero attached hydrogens (tertiary/aromatic N) is 3. The van der Waals surface area contributed by atoms with Gasteiger partial charge in [-0.1, -0.05) is 18.5 Å². The molecule has 0 radical (unpaired) electrons. The first kappa shape index (κ1) is 13.2. The van der Waals surface area contributed by atoms with Crippen molar-refractivity contribution in [3.05, 3.63) is 27.4 Å². The first-order chi connectivity index (χ1) is 7.54. The van der Waals surface area contributed by atoms with Crippen LogP contribution in [0.4, 0.5) is 0 Å². The maximum atomic E-state index is 11.7. The molecule has 0 N–H and O–H groups in total. The van der Waals surface area contributed by atoms with Crippen molar-refractivity contribution in [1.29, 1.82) is 0 Å². The van der Waals surface area contributed by atoms with Gasteiger partial charge in [-0.3, -0.25) is 9.36 Å². The molecular weight excluding hydrogens is 226 g/mol. The summed E-state index contributed by atoms with van der Waals surface area (Å²) in [6.07, 6.45) is 1.65. The average Bonchev–Trinajstić information content (AvgIpc) is 2.20. The van der Waals surface area contributed by atoms with Gasteiger partial charge in [-0.2, -0.15) is 0 Å². The lowest BCUT2D eigenvalue weighted by Crippen LogP contribution is -2.26. The van der Waals surface area contributed by atoms with E-state index in [-0.39, 0.29) is 10.7 Å². The molecule has 1 rings (SSSR count). The molecule has 0 atom stereocenters. The molecule has 0 unspecified atom stereocenters. The Hall–Kier alpha value is -0.870. The normalized spacial score (nSPS) is 11.1. The molecule has 0 bridgehead atoms. The molecule has 5 heteroatoms. The molecule has 0 aromatic carbocycles. The third-order valence-corrected chi connectivity index (χ3v) is 2.55. The molecule has 16 heavy (non-hydrogen) atoms. The van der Waals surface area contributed by atoms with Crippen molar-refractivity contribution in [2.45, 2.75) is 26.3 Å². The topological polar surface area (TPSA) is 38.1 Å². The average molecular weight is 244 g/mol. The highest BCUT2D eigenvalue weighted by Gasteiger charge is 2.05. The number of hydrogen-bond acceptors (Lipinski definition) is 3. The minimum atomic E-state index is -0.0596. The Morgan fingerprint density at radius 3 is 2.75 bits per heavy atom. The second-order valence-electron chi connectivity index (χ2n) is 4.00. The van der Waals surface area contributed by atoms with Crippen molar-refractivity contribution in [3.8, 4) is 0 Å². The van der Waals surface area contributed by atoms with Crippen LogP contribution >= 0.6 is 11.6 Å². The van der Waals surface area contributed by atoms with Crippen molar-refractivity contribution in [2.24, 2.45) is 0 Å². The highest BCUT2D eigenvalue weighted by Crippen LogP contribution is 2.03.